The molecule has 0 heterocycles. The van der Waals surface area contributed by atoms with Crippen molar-refractivity contribution in [2.24, 2.45) is 5.41 Å². The number of nitriles is 1. The number of hydrogen-bond acceptors (Lipinski definition) is 3. The van der Waals surface area contributed by atoms with E-state index in [0.717, 1.165) is 6.42 Å². The standard InChI is InChI=1S/C13H18N2O2S/c1-13(2,3)7-8-15-18(16,17)12-6-4-5-11(9-12)10-14/h4-6,9,15H,7-8H2,1-3H3. The van der Waals surface area contributed by atoms with Crippen LogP contribution in [-0.4, -0.2) is 15.0 Å². The first-order valence-electron chi connectivity index (χ1n) is 5.74. The maximum Gasteiger partial charge on any atom is 0.240 e. The van der Waals surface area contributed by atoms with Gasteiger partial charge in [0.15, 0.2) is 0 Å². The molecule has 0 radical (unpaired) electrons. The predicted octanol–water partition coefficient (Wildman–Crippen LogP) is 2.27. The van der Waals surface area contributed by atoms with Crippen molar-refractivity contribution in [3.63, 3.8) is 0 Å². The summed E-state index contributed by atoms with van der Waals surface area (Å²) in [5.74, 6) is 0. The molecule has 0 bridgehead atoms. The van der Waals surface area contributed by atoms with Crippen LogP contribution in [0.25, 0.3) is 0 Å². The van der Waals surface area contributed by atoms with Gasteiger partial charge in [-0.1, -0.05) is 26.8 Å². The molecule has 18 heavy (non-hydrogen) atoms. The second-order valence-corrected chi connectivity index (χ2v) is 7.12. The maximum atomic E-state index is 12.0. The van der Waals surface area contributed by atoms with E-state index in [-0.39, 0.29) is 10.3 Å². The van der Waals surface area contributed by atoms with Gasteiger partial charge in [0, 0.05) is 6.54 Å². The highest BCUT2D eigenvalue weighted by atomic mass is 32.2. The highest BCUT2D eigenvalue weighted by Crippen LogP contribution is 2.18. The number of sulfonamides is 1. The molecule has 0 aliphatic heterocycles. The quantitative estimate of drug-likeness (QED) is 0.908. The fraction of sp³-hybridized carbons (Fsp3) is 0.462. The average Bonchev–Trinajstić information content (AvgIpc) is 2.27. The van der Waals surface area contributed by atoms with Gasteiger partial charge in [0.1, 0.15) is 0 Å². The molecule has 0 spiro atoms. The first kappa shape index (κ1) is 14.7. The van der Waals surface area contributed by atoms with Crippen LogP contribution in [0.15, 0.2) is 29.2 Å². The second-order valence-electron chi connectivity index (χ2n) is 5.35. The van der Waals surface area contributed by atoms with Crippen LogP contribution in [0.4, 0.5) is 0 Å². The molecule has 4 nitrogen and oxygen atoms in total. The number of nitrogens with one attached hydrogen (secondary N) is 1. The Morgan fingerprint density at radius 1 is 1.33 bits per heavy atom. The molecule has 1 aromatic carbocycles. The number of nitrogens with zero attached hydrogens (tertiary/aromatic N) is 1. The summed E-state index contributed by atoms with van der Waals surface area (Å²) in [6, 6.07) is 7.93. The van der Waals surface area contributed by atoms with Gasteiger partial charge in [0.25, 0.3) is 0 Å². The molecule has 0 aliphatic rings. The molecule has 1 N–H and O–H groups in total. The van der Waals surface area contributed by atoms with Crippen LogP contribution in [0.3, 0.4) is 0 Å². The molecule has 5 heteroatoms. The van der Waals surface area contributed by atoms with E-state index >= 15 is 0 Å². The predicted molar refractivity (Wildman–Crippen MR) is 70.4 cm³/mol. The monoisotopic (exact) mass is 266 g/mol. The number of benzene rings is 1. The van der Waals surface area contributed by atoms with E-state index in [1.54, 1.807) is 12.1 Å². The Morgan fingerprint density at radius 2 is 2.00 bits per heavy atom. The summed E-state index contributed by atoms with van der Waals surface area (Å²) in [5.41, 5.74) is 0.422. The van der Waals surface area contributed by atoms with Crippen LogP contribution in [0, 0.1) is 16.7 Å². The summed E-state index contributed by atoms with van der Waals surface area (Å²) in [6.45, 7) is 6.55. The third kappa shape index (κ3) is 4.47. The van der Waals surface area contributed by atoms with Gasteiger partial charge >= 0.3 is 0 Å². The molecule has 1 rings (SSSR count). The van der Waals surface area contributed by atoms with E-state index in [9.17, 15) is 8.42 Å². The summed E-state index contributed by atoms with van der Waals surface area (Å²) in [5, 5.41) is 8.75. The van der Waals surface area contributed by atoms with Crippen molar-refractivity contribution >= 4 is 10.0 Å². The Morgan fingerprint density at radius 3 is 2.56 bits per heavy atom. The molecule has 0 unspecified atom stereocenters. The minimum Gasteiger partial charge on any atom is -0.211 e. The molecule has 0 fully saturated rings. The van der Waals surface area contributed by atoms with Crippen LogP contribution < -0.4 is 4.72 Å². The lowest BCUT2D eigenvalue weighted by atomic mass is 9.93. The van der Waals surface area contributed by atoms with Crippen molar-refractivity contribution in [1.82, 2.24) is 4.72 Å². The molecule has 0 aromatic heterocycles. The van der Waals surface area contributed by atoms with Crippen LogP contribution in [0.5, 0.6) is 0 Å². The molecule has 0 amide bonds. The number of hydrogen-bond donors (Lipinski definition) is 1. The summed E-state index contributed by atoms with van der Waals surface area (Å²) < 4.78 is 26.5. The lowest BCUT2D eigenvalue weighted by Crippen LogP contribution is -2.27. The molecule has 0 aliphatic carbocycles. The zero-order valence-corrected chi connectivity index (χ0v) is 11.7. The summed E-state index contributed by atoms with van der Waals surface area (Å²) in [7, 11) is -3.52. The van der Waals surface area contributed by atoms with Crippen LogP contribution in [-0.2, 0) is 10.0 Å². The highest BCUT2D eigenvalue weighted by molar-refractivity contribution is 7.89. The summed E-state index contributed by atoms with van der Waals surface area (Å²) >= 11 is 0. The van der Waals surface area contributed by atoms with Crippen molar-refractivity contribution in [1.29, 1.82) is 5.26 Å². The van der Waals surface area contributed by atoms with E-state index < -0.39 is 10.0 Å². The van der Waals surface area contributed by atoms with Gasteiger partial charge in [-0.25, -0.2) is 13.1 Å². The fourth-order valence-electron chi connectivity index (χ4n) is 1.38. The smallest absolute Gasteiger partial charge is 0.211 e. The minimum atomic E-state index is -3.52. The minimum absolute atomic E-state index is 0.0804. The average molecular weight is 266 g/mol. The van der Waals surface area contributed by atoms with E-state index in [0.29, 0.717) is 12.1 Å². The summed E-state index contributed by atoms with van der Waals surface area (Å²) in [6.07, 6.45) is 0.754. The Balaban J connectivity index is 2.78. The van der Waals surface area contributed by atoms with Gasteiger partial charge in [-0.15, -0.1) is 0 Å². The van der Waals surface area contributed by atoms with Gasteiger partial charge in [0.2, 0.25) is 10.0 Å². The number of rotatable bonds is 4. The molecule has 0 atom stereocenters. The van der Waals surface area contributed by atoms with Crippen molar-refractivity contribution in [3.8, 4) is 6.07 Å². The Labute approximate surface area is 109 Å². The van der Waals surface area contributed by atoms with Crippen molar-refractivity contribution in [2.45, 2.75) is 32.1 Å². The zero-order chi connectivity index (χ0) is 13.8. The Kier molecular flexibility index (Phi) is 4.49. The van der Waals surface area contributed by atoms with E-state index in [4.69, 9.17) is 5.26 Å². The zero-order valence-electron chi connectivity index (χ0n) is 10.9. The van der Waals surface area contributed by atoms with Crippen molar-refractivity contribution < 1.29 is 8.42 Å². The van der Waals surface area contributed by atoms with Gasteiger partial charge in [-0.05, 0) is 30.0 Å². The molecule has 0 saturated carbocycles. The molecular weight excluding hydrogens is 248 g/mol. The van der Waals surface area contributed by atoms with Crippen LogP contribution >= 0.6 is 0 Å². The first-order valence-corrected chi connectivity index (χ1v) is 7.23. The van der Waals surface area contributed by atoms with Crippen LogP contribution in [0.1, 0.15) is 32.8 Å². The molecule has 1 aromatic rings. The van der Waals surface area contributed by atoms with Crippen molar-refractivity contribution in [2.75, 3.05) is 6.54 Å². The summed E-state index contributed by atoms with van der Waals surface area (Å²) in [4.78, 5) is 0.135. The third-order valence-corrected chi connectivity index (χ3v) is 3.90. The van der Waals surface area contributed by atoms with E-state index in [1.807, 2.05) is 6.07 Å². The lowest BCUT2D eigenvalue weighted by Gasteiger charge is -2.18. The molecular formula is C13H18N2O2S. The van der Waals surface area contributed by atoms with E-state index in [2.05, 4.69) is 25.5 Å². The maximum absolute atomic E-state index is 12.0. The van der Waals surface area contributed by atoms with Crippen molar-refractivity contribution in [3.05, 3.63) is 29.8 Å². The highest BCUT2D eigenvalue weighted by Gasteiger charge is 2.16. The molecule has 0 saturated heterocycles. The van der Waals surface area contributed by atoms with Gasteiger partial charge in [0.05, 0.1) is 16.5 Å². The largest absolute Gasteiger partial charge is 0.240 e. The third-order valence-electron chi connectivity index (χ3n) is 2.44. The fourth-order valence-corrected chi connectivity index (χ4v) is 2.45. The SMILES string of the molecule is CC(C)(C)CCNS(=O)(=O)c1cccc(C#N)c1. The topological polar surface area (TPSA) is 70.0 Å². The van der Waals surface area contributed by atoms with E-state index in [1.165, 1.54) is 12.1 Å². The van der Waals surface area contributed by atoms with Gasteiger partial charge < -0.3 is 0 Å². The van der Waals surface area contributed by atoms with Gasteiger partial charge in [-0.3, -0.25) is 0 Å². The lowest BCUT2D eigenvalue weighted by molar-refractivity contribution is 0.378. The van der Waals surface area contributed by atoms with Crippen LogP contribution in [0.2, 0.25) is 0 Å². The molecule has 98 valence electrons. The Bertz CT molecular complexity index is 551. The van der Waals surface area contributed by atoms with Gasteiger partial charge in [-0.2, -0.15) is 5.26 Å². The normalized spacial score (nSPS) is 12.1. The second kappa shape index (κ2) is 5.51. The Hall–Kier alpha value is -1.38. The first-order chi connectivity index (χ1) is 8.24.